The summed E-state index contributed by atoms with van der Waals surface area (Å²) in [5.41, 5.74) is -1.23. The Hall–Kier alpha value is -1.84. The summed E-state index contributed by atoms with van der Waals surface area (Å²) >= 11 is 5.60. The quantitative estimate of drug-likeness (QED) is 0.726. The first-order valence-electron chi connectivity index (χ1n) is 9.76. The van der Waals surface area contributed by atoms with Gasteiger partial charge in [0.2, 0.25) is 11.8 Å². The number of hydrogen-bond acceptors (Lipinski definition) is 4. The summed E-state index contributed by atoms with van der Waals surface area (Å²) in [5.74, 6) is -0.443. The van der Waals surface area contributed by atoms with Crippen LogP contribution in [0.4, 0.5) is 18.9 Å². The molecule has 0 bridgehead atoms. The van der Waals surface area contributed by atoms with Gasteiger partial charge in [0.1, 0.15) is 0 Å². The van der Waals surface area contributed by atoms with Crippen molar-refractivity contribution >= 4 is 29.1 Å². The molecule has 1 aliphatic rings. The number of nitrogens with zero attached hydrogens (tertiary/aromatic N) is 2. The minimum Gasteiger partial charge on any atom is -0.350 e. The van der Waals surface area contributed by atoms with Crippen molar-refractivity contribution in [1.82, 2.24) is 15.1 Å². The lowest BCUT2D eigenvalue weighted by Crippen LogP contribution is -2.46. The van der Waals surface area contributed by atoms with Crippen LogP contribution in [0.3, 0.4) is 0 Å². The number of alkyl halides is 3. The van der Waals surface area contributed by atoms with Gasteiger partial charge in [0.15, 0.2) is 0 Å². The van der Waals surface area contributed by atoms with E-state index in [4.69, 9.17) is 11.6 Å². The van der Waals surface area contributed by atoms with Crippen LogP contribution in [0.2, 0.25) is 5.02 Å². The van der Waals surface area contributed by atoms with Crippen molar-refractivity contribution in [3.63, 3.8) is 0 Å². The van der Waals surface area contributed by atoms with Crippen LogP contribution in [0.1, 0.15) is 32.8 Å². The van der Waals surface area contributed by atoms with Crippen LogP contribution in [0.5, 0.6) is 0 Å². The molecule has 30 heavy (non-hydrogen) atoms. The van der Waals surface area contributed by atoms with Gasteiger partial charge in [0, 0.05) is 24.3 Å². The van der Waals surface area contributed by atoms with E-state index in [1.807, 2.05) is 30.6 Å². The first-order valence-corrected chi connectivity index (χ1v) is 10.1. The molecular weight excluding hydrogens is 421 g/mol. The highest BCUT2D eigenvalue weighted by atomic mass is 35.5. The summed E-state index contributed by atoms with van der Waals surface area (Å²) < 4.78 is 38.9. The van der Waals surface area contributed by atoms with E-state index >= 15 is 0 Å². The molecule has 0 spiro atoms. The predicted molar refractivity (Wildman–Crippen MR) is 110 cm³/mol. The number of benzene rings is 1. The molecule has 6 nitrogen and oxygen atoms in total. The third kappa shape index (κ3) is 8.12. The van der Waals surface area contributed by atoms with Crippen LogP contribution in [-0.4, -0.2) is 66.4 Å². The summed E-state index contributed by atoms with van der Waals surface area (Å²) in [6.45, 7) is 8.74. The Labute approximate surface area is 179 Å². The molecule has 1 aromatic rings. The number of anilines is 1. The Bertz CT molecular complexity index is 765. The summed E-state index contributed by atoms with van der Waals surface area (Å²) in [5, 5.41) is 5.02. The normalized spacial score (nSPS) is 16.8. The van der Waals surface area contributed by atoms with Crippen molar-refractivity contribution in [2.24, 2.45) is 0 Å². The van der Waals surface area contributed by atoms with E-state index in [0.717, 1.165) is 25.1 Å². The average Bonchev–Trinajstić information content (AvgIpc) is 2.79. The summed E-state index contributed by atoms with van der Waals surface area (Å²) in [6, 6.07) is 3.29. The molecule has 1 fully saturated rings. The molecular formula is C20H28ClF3N4O2. The van der Waals surface area contributed by atoms with Gasteiger partial charge in [-0.3, -0.25) is 19.4 Å². The standard InChI is InChI=1S/C20H28ClF3N4O2/c1-19(2,3)26-18(30)13-28-8-4-7-27(9-10-28)12-17(29)25-14-5-6-16(21)15(11-14)20(22,23)24/h5-6,11H,4,7-10,12-13H2,1-3H3,(H,25,29)(H,26,30). The Morgan fingerprint density at radius 1 is 1.00 bits per heavy atom. The Morgan fingerprint density at radius 2 is 1.57 bits per heavy atom. The first kappa shape index (κ1) is 24.4. The molecule has 0 aliphatic carbocycles. The largest absolute Gasteiger partial charge is 0.417 e. The molecule has 10 heteroatoms. The lowest BCUT2D eigenvalue weighted by molar-refractivity contribution is -0.137. The number of amides is 2. The third-order valence-corrected chi connectivity index (χ3v) is 4.82. The second kappa shape index (κ2) is 9.98. The number of hydrogen-bond donors (Lipinski definition) is 2. The molecule has 2 N–H and O–H groups in total. The van der Waals surface area contributed by atoms with Crippen LogP contribution in [0.15, 0.2) is 18.2 Å². The number of halogens is 4. The van der Waals surface area contributed by atoms with E-state index in [2.05, 4.69) is 10.6 Å². The molecule has 168 valence electrons. The highest BCUT2D eigenvalue weighted by molar-refractivity contribution is 6.31. The van der Waals surface area contributed by atoms with Crippen LogP contribution in [0.25, 0.3) is 0 Å². The van der Waals surface area contributed by atoms with Gasteiger partial charge in [0.25, 0.3) is 0 Å². The molecule has 1 aliphatic heterocycles. The van der Waals surface area contributed by atoms with Gasteiger partial charge in [-0.1, -0.05) is 11.6 Å². The van der Waals surface area contributed by atoms with Crippen LogP contribution >= 0.6 is 11.6 Å². The highest BCUT2D eigenvalue weighted by Crippen LogP contribution is 2.36. The maximum absolute atomic E-state index is 13.0. The fraction of sp³-hybridized carbons (Fsp3) is 0.600. The van der Waals surface area contributed by atoms with E-state index in [-0.39, 0.29) is 23.7 Å². The van der Waals surface area contributed by atoms with Gasteiger partial charge in [-0.2, -0.15) is 13.2 Å². The van der Waals surface area contributed by atoms with Gasteiger partial charge in [-0.15, -0.1) is 0 Å². The topological polar surface area (TPSA) is 64.7 Å². The average molecular weight is 449 g/mol. The summed E-state index contributed by atoms with van der Waals surface area (Å²) in [4.78, 5) is 28.4. The van der Waals surface area contributed by atoms with E-state index in [1.54, 1.807) is 0 Å². The van der Waals surface area contributed by atoms with E-state index in [1.165, 1.54) is 6.07 Å². The molecule has 1 heterocycles. The molecule has 0 unspecified atom stereocenters. The maximum atomic E-state index is 13.0. The zero-order chi connectivity index (χ0) is 22.5. The van der Waals surface area contributed by atoms with Crippen molar-refractivity contribution in [2.75, 3.05) is 44.6 Å². The van der Waals surface area contributed by atoms with Crippen LogP contribution in [-0.2, 0) is 15.8 Å². The second-order valence-electron chi connectivity index (χ2n) is 8.44. The van der Waals surface area contributed by atoms with Crippen molar-refractivity contribution in [2.45, 2.75) is 38.9 Å². The third-order valence-electron chi connectivity index (χ3n) is 4.49. The summed E-state index contributed by atoms with van der Waals surface area (Å²) in [7, 11) is 0. The lowest BCUT2D eigenvalue weighted by Gasteiger charge is -2.25. The molecule has 1 aromatic carbocycles. The molecule has 0 aromatic heterocycles. The zero-order valence-electron chi connectivity index (χ0n) is 17.4. The number of rotatable bonds is 5. The van der Waals surface area contributed by atoms with Crippen LogP contribution in [0, 0.1) is 0 Å². The maximum Gasteiger partial charge on any atom is 0.417 e. The Kier molecular flexibility index (Phi) is 8.13. The van der Waals surface area contributed by atoms with E-state index < -0.39 is 22.7 Å². The SMILES string of the molecule is CC(C)(C)NC(=O)CN1CCCN(CC(=O)Nc2ccc(Cl)c(C(F)(F)F)c2)CC1. The molecule has 2 amide bonds. The smallest absolute Gasteiger partial charge is 0.350 e. The van der Waals surface area contributed by atoms with Gasteiger partial charge < -0.3 is 10.6 Å². The monoisotopic (exact) mass is 448 g/mol. The first-order chi connectivity index (χ1) is 13.8. The Balaban J connectivity index is 1.86. The van der Waals surface area contributed by atoms with Gasteiger partial charge >= 0.3 is 6.18 Å². The summed E-state index contributed by atoms with van der Waals surface area (Å²) in [6.07, 6.45) is -3.80. The predicted octanol–water partition coefficient (Wildman–Crippen LogP) is 3.22. The minimum absolute atomic E-state index is 0.0445. The molecule has 1 saturated heterocycles. The molecule has 2 rings (SSSR count). The Morgan fingerprint density at radius 3 is 2.10 bits per heavy atom. The van der Waals surface area contributed by atoms with Crippen molar-refractivity contribution < 1.29 is 22.8 Å². The zero-order valence-corrected chi connectivity index (χ0v) is 18.2. The van der Waals surface area contributed by atoms with E-state index in [9.17, 15) is 22.8 Å². The van der Waals surface area contributed by atoms with Gasteiger partial charge in [0.05, 0.1) is 23.7 Å². The van der Waals surface area contributed by atoms with E-state index in [0.29, 0.717) is 26.2 Å². The molecule has 0 radical (unpaired) electrons. The van der Waals surface area contributed by atoms with Crippen molar-refractivity contribution in [3.05, 3.63) is 28.8 Å². The second-order valence-corrected chi connectivity index (χ2v) is 8.85. The van der Waals surface area contributed by atoms with Gasteiger partial charge in [-0.05, 0) is 58.5 Å². The molecule has 0 atom stereocenters. The number of carbonyl (C=O) groups is 2. The molecule has 0 saturated carbocycles. The van der Waals surface area contributed by atoms with Crippen molar-refractivity contribution in [3.8, 4) is 0 Å². The lowest BCUT2D eigenvalue weighted by atomic mass is 10.1. The fourth-order valence-electron chi connectivity index (χ4n) is 3.23. The van der Waals surface area contributed by atoms with Crippen molar-refractivity contribution in [1.29, 1.82) is 0 Å². The minimum atomic E-state index is -4.59. The fourth-order valence-corrected chi connectivity index (χ4v) is 3.45. The van der Waals surface area contributed by atoms with Crippen LogP contribution < -0.4 is 10.6 Å². The number of carbonyl (C=O) groups excluding carboxylic acids is 2. The highest BCUT2D eigenvalue weighted by Gasteiger charge is 2.33. The van der Waals surface area contributed by atoms with Gasteiger partial charge in [-0.25, -0.2) is 0 Å². The number of nitrogens with one attached hydrogen (secondary N) is 2.